The van der Waals surface area contributed by atoms with Crippen LogP contribution in [0.25, 0.3) is 0 Å². The first kappa shape index (κ1) is 10.4. The minimum atomic E-state index is -4.31. The third-order valence-electron chi connectivity index (χ3n) is 0.927. The summed E-state index contributed by atoms with van der Waals surface area (Å²) in [5.41, 5.74) is 0. The van der Waals surface area contributed by atoms with Crippen LogP contribution < -0.4 is 0 Å². The van der Waals surface area contributed by atoms with Crippen LogP contribution in [0.4, 0.5) is 0 Å². The summed E-state index contributed by atoms with van der Waals surface area (Å²) in [7, 11) is -4.31. The first-order valence-corrected chi connectivity index (χ1v) is 4.44. The second-order valence-corrected chi connectivity index (χ2v) is 3.73. The zero-order valence-corrected chi connectivity index (χ0v) is 6.82. The molecule has 6 heteroatoms. The fourth-order valence-corrected chi connectivity index (χ4v) is 0.526. The van der Waals surface area contributed by atoms with E-state index in [2.05, 4.69) is 11.3 Å². The Morgan fingerprint density at radius 1 is 1.73 bits per heavy atom. The van der Waals surface area contributed by atoms with E-state index in [1.807, 2.05) is 0 Å². The topological polar surface area (TPSA) is 83.8 Å². The molecule has 0 bridgehead atoms. The fraction of sp³-hybridized carbons (Fsp3) is 0.400. The molecule has 0 aliphatic rings. The van der Waals surface area contributed by atoms with Gasteiger partial charge in [-0.3, -0.25) is 4.57 Å². The maximum atomic E-state index is 10.4. The molecule has 1 atom stereocenters. The van der Waals surface area contributed by atoms with Gasteiger partial charge in [0, 0.05) is 6.08 Å². The second kappa shape index (κ2) is 3.67. The van der Waals surface area contributed by atoms with E-state index in [9.17, 15) is 9.36 Å². The van der Waals surface area contributed by atoms with Gasteiger partial charge in [0.15, 0.2) is 5.85 Å². The van der Waals surface area contributed by atoms with Gasteiger partial charge in [0.1, 0.15) is 0 Å². The van der Waals surface area contributed by atoms with E-state index < -0.39 is 19.4 Å². The Bertz CT molecular complexity index is 205. The fourth-order valence-electron chi connectivity index (χ4n) is 0.285. The molecule has 0 rings (SSSR count). The molecule has 2 N–H and O–H groups in total. The number of hydrogen-bond donors (Lipinski definition) is 2. The number of ether oxygens (including phenoxy) is 1. The van der Waals surface area contributed by atoms with Gasteiger partial charge in [-0.05, 0) is 6.92 Å². The highest BCUT2D eigenvalue weighted by atomic mass is 31.2. The number of carbonyl (C=O) groups is 1. The highest BCUT2D eigenvalue weighted by Gasteiger charge is 2.26. The lowest BCUT2D eigenvalue weighted by atomic mass is 10.6. The van der Waals surface area contributed by atoms with Gasteiger partial charge in [0.2, 0.25) is 0 Å². The first-order chi connectivity index (χ1) is 4.88. The molecular weight excluding hydrogens is 171 g/mol. The van der Waals surface area contributed by atoms with Crippen molar-refractivity contribution in [3.8, 4) is 0 Å². The van der Waals surface area contributed by atoms with Gasteiger partial charge >= 0.3 is 13.6 Å². The molecule has 11 heavy (non-hydrogen) atoms. The number of esters is 1. The molecule has 0 saturated carbocycles. The molecule has 0 heterocycles. The molecule has 0 radical (unpaired) electrons. The van der Waals surface area contributed by atoms with Gasteiger partial charge in [0.05, 0.1) is 0 Å². The van der Waals surface area contributed by atoms with Crippen LogP contribution in [0.2, 0.25) is 0 Å². The SMILES string of the molecule is C=CC(=O)OC(C)P(=O)(O)O. The van der Waals surface area contributed by atoms with Crippen LogP contribution in [-0.4, -0.2) is 21.6 Å². The average Bonchev–Trinajstić information content (AvgIpc) is 1.85. The highest BCUT2D eigenvalue weighted by molar-refractivity contribution is 7.52. The van der Waals surface area contributed by atoms with E-state index in [1.165, 1.54) is 0 Å². The van der Waals surface area contributed by atoms with Crippen molar-refractivity contribution < 1.29 is 23.9 Å². The molecule has 0 spiro atoms. The molecule has 0 aromatic carbocycles. The van der Waals surface area contributed by atoms with Crippen LogP contribution in [0.3, 0.4) is 0 Å². The molecule has 0 aromatic rings. The smallest absolute Gasteiger partial charge is 0.365 e. The summed E-state index contributed by atoms with van der Waals surface area (Å²) in [6.07, 6.45) is 0.839. The number of carbonyl (C=O) groups excluding carboxylic acids is 1. The normalized spacial score (nSPS) is 13.7. The molecule has 0 aliphatic carbocycles. The Balaban J connectivity index is 4.08. The quantitative estimate of drug-likeness (QED) is 0.369. The molecular formula is C5H9O5P. The predicted octanol–water partition coefficient (Wildman–Crippen LogP) is 0.239. The maximum Gasteiger partial charge on any atom is 0.365 e. The molecule has 5 nitrogen and oxygen atoms in total. The van der Waals surface area contributed by atoms with Crippen molar-refractivity contribution in [1.29, 1.82) is 0 Å². The minimum absolute atomic E-state index is 0.839. The maximum absolute atomic E-state index is 10.4. The van der Waals surface area contributed by atoms with Crippen LogP contribution >= 0.6 is 7.60 Å². The summed E-state index contributed by atoms with van der Waals surface area (Å²) in [6.45, 7) is 4.18. The van der Waals surface area contributed by atoms with Gasteiger partial charge in [0.25, 0.3) is 0 Å². The van der Waals surface area contributed by atoms with Crippen molar-refractivity contribution in [3.63, 3.8) is 0 Å². The summed E-state index contributed by atoms with van der Waals surface area (Å²) in [5, 5.41) is 0. The first-order valence-electron chi connectivity index (χ1n) is 2.76. The Morgan fingerprint density at radius 3 is 2.45 bits per heavy atom. The van der Waals surface area contributed by atoms with Gasteiger partial charge < -0.3 is 14.5 Å². The van der Waals surface area contributed by atoms with E-state index in [1.54, 1.807) is 0 Å². The minimum Gasteiger partial charge on any atom is -0.447 e. The molecule has 0 fully saturated rings. The van der Waals surface area contributed by atoms with E-state index in [0.29, 0.717) is 0 Å². The lowest BCUT2D eigenvalue weighted by molar-refractivity contribution is -0.139. The number of rotatable bonds is 3. The molecule has 0 aliphatic heterocycles. The van der Waals surface area contributed by atoms with Crippen molar-refractivity contribution in [3.05, 3.63) is 12.7 Å². The van der Waals surface area contributed by atoms with E-state index in [0.717, 1.165) is 13.0 Å². The van der Waals surface area contributed by atoms with Crippen molar-refractivity contribution in [2.75, 3.05) is 0 Å². The third kappa shape index (κ3) is 3.93. The summed E-state index contributed by atoms with van der Waals surface area (Å²) < 4.78 is 14.6. The second-order valence-electron chi connectivity index (χ2n) is 1.83. The zero-order valence-electron chi connectivity index (χ0n) is 5.93. The monoisotopic (exact) mass is 180 g/mol. The molecule has 0 amide bonds. The van der Waals surface area contributed by atoms with Gasteiger partial charge in [-0.15, -0.1) is 0 Å². The van der Waals surface area contributed by atoms with Gasteiger partial charge in [-0.1, -0.05) is 6.58 Å². The lowest BCUT2D eigenvalue weighted by Crippen LogP contribution is -2.12. The Morgan fingerprint density at radius 2 is 2.18 bits per heavy atom. The van der Waals surface area contributed by atoms with E-state index >= 15 is 0 Å². The highest BCUT2D eigenvalue weighted by Crippen LogP contribution is 2.41. The summed E-state index contributed by atoms with van der Waals surface area (Å²) in [5.74, 6) is -2.26. The number of hydrogen-bond acceptors (Lipinski definition) is 3. The molecule has 64 valence electrons. The van der Waals surface area contributed by atoms with Crippen molar-refractivity contribution in [1.82, 2.24) is 0 Å². The predicted molar refractivity (Wildman–Crippen MR) is 37.8 cm³/mol. The lowest BCUT2D eigenvalue weighted by Gasteiger charge is -2.12. The van der Waals surface area contributed by atoms with Crippen LogP contribution in [-0.2, 0) is 14.1 Å². The van der Waals surface area contributed by atoms with Gasteiger partial charge in [-0.25, -0.2) is 4.79 Å². The van der Waals surface area contributed by atoms with Crippen molar-refractivity contribution in [2.24, 2.45) is 0 Å². The van der Waals surface area contributed by atoms with E-state index in [4.69, 9.17) is 9.79 Å². The van der Waals surface area contributed by atoms with Crippen LogP contribution in [0, 0.1) is 0 Å². The van der Waals surface area contributed by atoms with E-state index in [-0.39, 0.29) is 0 Å². The van der Waals surface area contributed by atoms with Crippen LogP contribution in [0.15, 0.2) is 12.7 Å². The standard InChI is InChI=1S/C5H9O5P/c1-3-5(6)10-4(2)11(7,8)9/h3-4H,1H2,2H3,(H2,7,8,9). The summed E-state index contributed by atoms with van der Waals surface area (Å²) >= 11 is 0. The van der Waals surface area contributed by atoms with Crippen molar-refractivity contribution in [2.45, 2.75) is 12.8 Å². The molecule has 0 aromatic heterocycles. The van der Waals surface area contributed by atoms with Crippen molar-refractivity contribution >= 4 is 13.6 Å². The zero-order chi connectivity index (χ0) is 9.07. The summed E-state index contributed by atoms with van der Waals surface area (Å²) in [6, 6.07) is 0. The Kier molecular flexibility index (Phi) is 3.45. The Labute approximate surface area is 63.8 Å². The Hall–Kier alpha value is -0.640. The molecule has 0 saturated heterocycles. The molecule has 1 unspecified atom stereocenters. The summed E-state index contributed by atoms with van der Waals surface area (Å²) in [4.78, 5) is 27.2. The largest absolute Gasteiger partial charge is 0.447 e. The van der Waals surface area contributed by atoms with Crippen LogP contribution in [0.5, 0.6) is 0 Å². The third-order valence-corrected chi connectivity index (χ3v) is 1.98. The van der Waals surface area contributed by atoms with Crippen LogP contribution in [0.1, 0.15) is 6.92 Å². The van der Waals surface area contributed by atoms with Gasteiger partial charge in [-0.2, -0.15) is 0 Å². The average molecular weight is 180 g/mol.